The number of hydrogen-bond donors (Lipinski definition) is 0. The topological polar surface area (TPSA) is 0 Å². The summed E-state index contributed by atoms with van der Waals surface area (Å²) in [4.78, 5) is 0. The second-order valence-electron chi connectivity index (χ2n) is 40.3. The summed E-state index contributed by atoms with van der Waals surface area (Å²) < 4.78 is 0. The summed E-state index contributed by atoms with van der Waals surface area (Å²) in [6.45, 7) is 80.1. The molecule has 0 heterocycles. The van der Waals surface area contributed by atoms with Crippen molar-refractivity contribution in [3.05, 3.63) is 283 Å². The molecule has 12 rings (SSSR count). The third-order valence-corrected chi connectivity index (χ3v) is 22.5. The molecule has 0 atom stereocenters. The van der Waals surface area contributed by atoms with Gasteiger partial charge in [0.1, 0.15) is 0 Å². The van der Waals surface area contributed by atoms with E-state index in [0.717, 1.165) is 6.42 Å². The maximum atomic E-state index is 2.48. The van der Waals surface area contributed by atoms with Crippen molar-refractivity contribution in [1.82, 2.24) is 0 Å². The minimum absolute atomic E-state index is 0.174. The predicted molar refractivity (Wildman–Crippen MR) is 488 cm³/mol. The molecule has 0 aliphatic rings. The van der Waals surface area contributed by atoms with Gasteiger partial charge in [0, 0.05) is 0 Å². The monoisotopic (exact) mass is 1440 g/mol. The average molecular weight is 1440 g/mol. The van der Waals surface area contributed by atoms with Crippen LogP contribution in [0.1, 0.15) is 313 Å². The minimum atomic E-state index is 0.174. The molecule has 0 saturated carbocycles. The van der Waals surface area contributed by atoms with Crippen LogP contribution in [0.25, 0.3) is 64.6 Å². The van der Waals surface area contributed by atoms with Gasteiger partial charge in [0.25, 0.3) is 0 Å². The highest BCUT2D eigenvalue weighted by molar-refractivity contribution is 5.94. The normalized spacial score (nSPS) is 12.5. The molecule has 576 valence electrons. The fraction of sp³-hybridized carbons (Fsp3) is 0.444. The van der Waals surface area contributed by atoms with E-state index in [4.69, 9.17) is 0 Å². The molecule has 0 radical (unpaired) electrons. The average Bonchev–Trinajstić information content (AvgIpc) is 0.776. The Bertz CT molecular complexity index is 5060. The molecule has 108 heavy (non-hydrogen) atoms. The van der Waals surface area contributed by atoms with Crippen LogP contribution < -0.4 is 0 Å². The molecule has 0 aromatic heterocycles. The highest BCUT2D eigenvalue weighted by Crippen LogP contribution is 2.43. The van der Waals surface area contributed by atoms with Crippen LogP contribution in [-0.4, -0.2) is 0 Å². The van der Waals surface area contributed by atoms with E-state index in [1.807, 2.05) is 0 Å². The Morgan fingerprint density at radius 1 is 0.241 bits per heavy atom. The predicted octanol–water partition coefficient (Wildman–Crippen LogP) is 32.9. The van der Waals surface area contributed by atoms with E-state index in [0.29, 0.717) is 17.3 Å². The smallest absolute Gasteiger partial charge is 0.0126 e. The first-order valence-electron chi connectivity index (χ1n) is 40.9. The third kappa shape index (κ3) is 21.0. The van der Waals surface area contributed by atoms with Crippen molar-refractivity contribution in [2.45, 2.75) is 311 Å². The molecule has 0 aliphatic carbocycles. The molecule has 0 bridgehead atoms. The molecule has 0 amide bonds. The van der Waals surface area contributed by atoms with Gasteiger partial charge < -0.3 is 0 Å². The zero-order chi connectivity index (χ0) is 80.9. The van der Waals surface area contributed by atoms with Gasteiger partial charge >= 0.3 is 0 Å². The molecule has 0 saturated heterocycles. The Morgan fingerprint density at radius 3 is 0.898 bits per heavy atom. The van der Waals surface area contributed by atoms with Crippen molar-refractivity contribution in [1.29, 1.82) is 0 Å². The first-order valence-corrected chi connectivity index (χ1v) is 40.9. The highest BCUT2D eigenvalue weighted by Gasteiger charge is 2.28. The lowest BCUT2D eigenvalue weighted by Crippen LogP contribution is -2.18. The van der Waals surface area contributed by atoms with Crippen LogP contribution in [0.3, 0.4) is 0 Å². The molecule has 0 heteroatoms. The minimum Gasteiger partial charge on any atom is -0.0648 e. The number of fused-ring (bicyclic) bond motifs is 6. The quantitative estimate of drug-likeness (QED) is 0.161. The van der Waals surface area contributed by atoms with E-state index < -0.39 is 0 Å². The maximum absolute atomic E-state index is 2.48. The van der Waals surface area contributed by atoms with Crippen LogP contribution in [-0.2, 0) is 44.3 Å². The molecule has 0 unspecified atom stereocenters. The van der Waals surface area contributed by atoms with Gasteiger partial charge in [0.2, 0.25) is 0 Å². The summed E-state index contributed by atoms with van der Waals surface area (Å²) in [6.07, 6.45) is 3.55. The van der Waals surface area contributed by atoms with Crippen molar-refractivity contribution in [3.8, 4) is 0 Å². The number of benzene rings is 12. The van der Waals surface area contributed by atoms with Gasteiger partial charge in [-0.15, -0.1) is 0 Å². The van der Waals surface area contributed by atoms with E-state index >= 15 is 0 Å². The van der Waals surface area contributed by atoms with Crippen LogP contribution in [0.15, 0.2) is 188 Å². The lowest BCUT2D eigenvalue weighted by atomic mass is 9.76. The van der Waals surface area contributed by atoms with Gasteiger partial charge in [-0.25, -0.2) is 0 Å². The second-order valence-corrected chi connectivity index (χ2v) is 40.3. The zero-order valence-corrected chi connectivity index (χ0v) is 74.7. The van der Waals surface area contributed by atoms with Crippen molar-refractivity contribution in [2.24, 2.45) is 5.41 Å². The summed E-state index contributed by atoms with van der Waals surface area (Å²) in [7, 11) is 0. The van der Waals surface area contributed by atoms with Gasteiger partial charge in [0.05, 0.1) is 0 Å². The highest BCUT2D eigenvalue weighted by atomic mass is 14.3. The maximum Gasteiger partial charge on any atom is -0.0126 e. The summed E-state index contributed by atoms with van der Waals surface area (Å²) in [5, 5.41) is 16.8. The van der Waals surface area contributed by atoms with E-state index in [1.165, 1.54) is 166 Å². The largest absolute Gasteiger partial charge is 0.0648 e. The van der Waals surface area contributed by atoms with E-state index in [2.05, 4.69) is 430 Å². The van der Waals surface area contributed by atoms with E-state index in [1.54, 1.807) is 5.56 Å². The number of aryl methyl sites for hydroxylation is 7. The van der Waals surface area contributed by atoms with Gasteiger partial charge in [-0.05, 0) is 282 Å². The Labute approximate surface area is 659 Å². The molecular weight excluding hydrogens is 1300 g/mol. The van der Waals surface area contributed by atoms with Crippen LogP contribution in [0, 0.1) is 53.9 Å². The van der Waals surface area contributed by atoms with Crippen molar-refractivity contribution >= 4 is 64.6 Å². The second kappa shape index (κ2) is 34.2. The fourth-order valence-electron chi connectivity index (χ4n) is 16.9. The van der Waals surface area contributed by atoms with Crippen LogP contribution in [0.4, 0.5) is 0 Å². The van der Waals surface area contributed by atoms with Gasteiger partial charge in [-0.3, -0.25) is 0 Å². The van der Waals surface area contributed by atoms with Crippen LogP contribution >= 0.6 is 0 Å². The summed E-state index contributed by atoms with van der Waals surface area (Å²) in [6, 6.07) is 69.3. The Balaban J connectivity index is 0.000000181. The van der Waals surface area contributed by atoms with Crippen molar-refractivity contribution in [3.63, 3.8) is 0 Å². The fourth-order valence-corrected chi connectivity index (χ4v) is 16.9. The van der Waals surface area contributed by atoms with Crippen LogP contribution in [0.2, 0.25) is 0 Å². The van der Waals surface area contributed by atoms with Gasteiger partial charge in [0.15, 0.2) is 0 Å². The Morgan fingerprint density at radius 2 is 0.519 bits per heavy atom. The third-order valence-electron chi connectivity index (χ3n) is 22.5. The van der Waals surface area contributed by atoms with Gasteiger partial charge in [-0.1, -0.05) is 382 Å². The first-order chi connectivity index (χ1) is 49.8. The standard InChI is InChI=1S/2C20H28.C19H26.C18H24.C16H20.C15H18/c1-14-16-10-8-9-11-17(16)15(13-19(2,3)4)12-18(14)20(5,6)7;1-7-15(8-2)18-13-19(20(4,5)6)14(3)16-11-9-10-12-17(16)18;1-13-14-10-8-9-11-15(14)17(19(5,6)7)12-16(13)18(2,3)4;1-12(2)16-11-17(18(4,5)6)13(3)14-9-7-8-10-15(14)16;1-11-10-15(16(3,4)5)12(2)14-9-7-6-8-13(11)14;1-11-13-8-6-5-7-12(13)9-10-14(11)15(2,3)4/h8-12H,13H2,1-7H3;9-13,15H,7-8H2,1-6H3;8-12H,1-7H3;7-12H,1-6H3;6-10H,1-5H3;5-10H,1-4H3. The SMILES string of the molecule is CCC(CC)c1cc(C(C)(C)C)c(C)c2ccccc12.Cc1c(C(C)(C)C)cc(C(C)(C)C)c2ccccc12.Cc1c(C(C)(C)C)cc(C(C)C)c2ccccc12.Cc1c(C(C)(C)C)cc(CC(C)(C)C)c2ccccc12.Cc1c(C(C)(C)C)ccc2ccccc12.Cc1cc(C(C)(C)C)c(C)c2ccccc12. The molecule has 0 N–H and O–H groups in total. The van der Waals surface area contributed by atoms with Crippen molar-refractivity contribution in [2.75, 3.05) is 0 Å². The lowest BCUT2D eigenvalue weighted by molar-refractivity contribution is 0.412. The molecule has 12 aromatic carbocycles. The summed E-state index contributed by atoms with van der Waals surface area (Å²) in [5.74, 6) is 1.23. The van der Waals surface area contributed by atoms with Crippen LogP contribution in [0.5, 0.6) is 0 Å². The Hall–Kier alpha value is -7.80. The lowest BCUT2D eigenvalue weighted by Gasteiger charge is -2.29. The molecule has 0 spiro atoms. The zero-order valence-electron chi connectivity index (χ0n) is 74.7. The molecular formula is C108H144. The Kier molecular flexibility index (Phi) is 27.7. The summed E-state index contributed by atoms with van der Waals surface area (Å²) in [5.41, 5.74) is 26.5. The molecule has 12 aromatic rings. The summed E-state index contributed by atoms with van der Waals surface area (Å²) >= 11 is 0. The van der Waals surface area contributed by atoms with E-state index in [-0.39, 0.29) is 37.9 Å². The van der Waals surface area contributed by atoms with Gasteiger partial charge in [-0.2, -0.15) is 0 Å². The molecule has 0 fully saturated rings. The molecule has 0 aliphatic heterocycles. The van der Waals surface area contributed by atoms with E-state index in [9.17, 15) is 0 Å². The number of hydrogen-bond acceptors (Lipinski definition) is 0. The van der Waals surface area contributed by atoms with Crippen molar-refractivity contribution < 1.29 is 0 Å². The number of rotatable bonds is 5. The first kappa shape index (κ1) is 87.4. The molecule has 0 nitrogen and oxygen atoms in total.